The van der Waals surface area contributed by atoms with Gasteiger partial charge in [-0.05, 0) is 42.0 Å². The van der Waals surface area contributed by atoms with Crippen molar-refractivity contribution in [3.05, 3.63) is 59.7 Å². The van der Waals surface area contributed by atoms with Crippen LogP contribution in [0, 0.1) is 0 Å². The van der Waals surface area contributed by atoms with Crippen LogP contribution in [0.15, 0.2) is 48.5 Å². The molecule has 0 bridgehead atoms. The van der Waals surface area contributed by atoms with Gasteiger partial charge in [-0.1, -0.05) is 19.1 Å². The summed E-state index contributed by atoms with van der Waals surface area (Å²) >= 11 is 1.41. The lowest BCUT2D eigenvalue weighted by molar-refractivity contribution is -0.137. The van der Waals surface area contributed by atoms with Crippen LogP contribution in [0.1, 0.15) is 29.8 Å². The van der Waals surface area contributed by atoms with Crippen molar-refractivity contribution < 1.29 is 22.8 Å². The Kier molecular flexibility index (Phi) is 5.46. The largest absolute Gasteiger partial charge is 0.416 e. The molecule has 0 saturated carbocycles. The fraction of sp³-hybridized carbons (Fsp3) is 0.263. The van der Waals surface area contributed by atoms with E-state index in [-0.39, 0.29) is 22.9 Å². The number of nitrogens with zero attached hydrogens (tertiary/aromatic N) is 1. The number of rotatable bonds is 4. The highest BCUT2D eigenvalue weighted by molar-refractivity contribution is 8.00. The van der Waals surface area contributed by atoms with Gasteiger partial charge in [-0.15, -0.1) is 11.8 Å². The Morgan fingerprint density at radius 1 is 1.15 bits per heavy atom. The maximum atomic E-state index is 12.8. The van der Waals surface area contributed by atoms with Gasteiger partial charge in [0.2, 0.25) is 11.8 Å². The van der Waals surface area contributed by atoms with Crippen LogP contribution in [0.5, 0.6) is 0 Å². The second-order valence-electron chi connectivity index (χ2n) is 6.00. The number of halogens is 3. The number of hydrogen-bond acceptors (Lipinski definition) is 3. The molecule has 0 aliphatic carbocycles. The van der Waals surface area contributed by atoms with Crippen LogP contribution in [-0.2, 0) is 15.8 Å². The molecule has 27 heavy (non-hydrogen) atoms. The highest BCUT2D eigenvalue weighted by Crippen LogP contribution is 2.42. The summed E-state index contributed by atoms with van der Waals surface area (Å²) in [7, 11) is 0. The molecule has 4 nitrogen and oxygen atoms in total. The minimum atomic E-state index is -4.42. The van der Waals surface area contributed by atoms with Gasteiger partial charge in [0.25, 0.3) is 0 Å². The molecule has 1 N–H and O–H groups in total. The summed E-state index contributed by atoms with van der Waals surface area (Å²) in [6.07, 6.45) is -4.04. The second-order valence-corrected chi connectivity index (χ2v) is 7.06. The van der Waals surface area contributed by atoms with Crippen LogP contribution in [0.3, 0.4) is 0 Å². The van der Waals surface area contributed by atoms with Gasteiger partial charge in [0.05, 0.1) is 11.3 Å². The van der Waals surface area contributed by atoms with Crippen molar-refractivity contribution in [3.63, 3.8) is 0 Å². The average Bonchev–Trinajstić information content (AvgIpc) is 3.03. The zero-order valence-corrected chi connectivity index (χ0v) is 15.2. The average molecular weight is 394 g/mol. The number of amides is 2. The van der Waals surface area contributed by atoms with Crippen molar-refractivity contribution in [2.45, 2.75) is 24.9 Å². The standard InChI is InChI=1S/C19H17F3N2O2S/c1-2-16(25)23-14-7-3-12(4-8-14)18-24(17(26)11-27-18)15-9-5-13(6-10-15)19(20,21)22/h3-10,18H,2,11H2,1H3,(H,23,25)/t18-/m1/s1. The molecular weight excluding hydrogens is 377 g/mol. The first kappa shape index (κ1) is 19.3. The van der Waals surface area contributed by atoms with Crippen LogP contribution >= 0.6 is 11.8 Å². The molecule has 8 heteroatoms. The Balaban J connectivity index is 1.83. The van der Waals surface area contributed by atoms with E-state index in [4.69, 9.17) is 0 Å². The summed E-state index contributed by atoms with van der Waals surface area (Å²) in [6, 6.07) is 11.7. The molecule has 0 spiro atoms. The molecule has 0 aromatic heterocycles. The molecule has 2 aromatic carbocycles. The van der Waals surface area contributed by atoms with Crippen molar-refractivity contribution in [2.24, 2.45) is 0 Å². The first-order valence-corrected chi connectivity index (χ1v) is 9.35. The van der Waals surface area contributed by atoms with E-state index in [0.29, 0.717) is 17.8 Å². The molecule has 3 rings (SSSR count). The number of alkyl halides is 3. The molecule has 1 saturated heterocycles. The topological polar surface area (TPSA) is 49.4 Å². The molecule has 0 radical (unpaired) electrons. The lowest BCUT2D eigenvalue weighted by Gasteiger charge is -2.25. The zero-order chi connectivity index (χ0) is 19.6. The normalized spacial score (nSPS) is 17.3. The Morgan fingerprint density at radius 3 is 2.33 bits per heavy atom. The second kappa shape index (κ2) is 7.64. The molecule has 1 aliphatic heterocycles. The van der Waals surface area contributed by atoms with Crippen molar-refractivity contribution in [2.75, 3.05) is 16.0 Å². The van der Waals surface area contributed by atoms with E-state index in [1.807, 2.05) is 0 Å². The molecule has 1 aliphatic rings. The molecule has 1 atom stereocenters. The van der Waals surface area contributed by atoms with Gasteiger partial charge in [0.15, 0.2) is 0 Å². The number of anilines is 2. The molecule has 1 heterocycles. The van der Waals surface area contributed by atoms with Gasteiger partial charge >= 0.3 is 6.18 Å². The number of carbonyl (C=O) groups is 2. The third-order valence-electron chi connectivity index (χ3n) is 4.14. The van der Waals surface area contributed by atoms with E-state index < -0.39 is 11.7 Å². The highest BCUT2D eigenvalue weighted by atomic mass is 32.2. The fourth-order valence-corrected chi connectivity index (χ4v) is 3.92. The highest BCUT2D eigenvalue weighted by Gasteiger charge is 2.35. The first-order valence-electron chi connectivity index (χ1n) is 8.30. The van der Waals surface area contributed by atoms with Gasteiger partial charge in [0.1, 0.15) is 5.37 Å². The van der Waals surface area contributed by atoms with Crippen molar-refractivity contribution >= 4 is 35.0 Å². The van der Waals surface area contributed by atoms with Gasteiger partial charge in [-0.2, -0.15) is 13.2 Å². The minimum absolute atomic E-state index is 0.0976. The van der Waals surface area contributed by atoms with E-state index in [1.165, 1.54) is 28.8 Å². The maximum Gasteiger partial charge on any atom is 0.416 e. The third kappa shape index (κ3) is 4.27. The smallest absolute Gasteiger partial charge is 0.326 e. The molecule has 2 amide bonds. The van der Waals surface area contributed by atoms with Crippen LogP contribution in [0.2, 0.25) is 0 Å². The predicted molar refractivity (Wildman–Crippen MR) is 99.5 cm³/mol. The van der Waals surface area contributed by atoms with Crippen LogP contribution < -0.4 is 10.2 Å². The zero-order valence-electron chi connectivity index (χ0n) is 14.4. The van der Waals surface area contributed by atoms with E-state index in [0.717, 1.165) is 17.7 Å². The third-order valence-corrected chi connectivity index (χ3v) is 5.35. The van der Waals surface area contributed by atoms with Gasteiger partial charge < -0.3 is 5.32 Å². The summed E-state index contributed by atoms with van der Waals surface area (Å²) in [4.78, 5) is 25.3. The van der Waals surface area contributed by atoms with Crippen LogP contribution in [0.25, 0.3) is 0 Å². The monoisotopic (exact) mass is 394 g/mol. The van der Waals surface area contributed by atoms with E-state index in [1.54, 1.807) is 31.2 Å². The van der Waals surface area contributed by atoms with Crippen molar-refractivity contribution in [1.29, 1.82) is 0 Å². The van der Waals surface area contributed by atoms with Gasteiger partial charge in [-0.25, -0.2) is 0 Å². The number of benzene rings is 2. The van der Waals surface area contributed by atoms with E-state index in [9.17, 15) is 22.8 Å². The lowest BCUT2D eigenvalue weighted by atomic mass is 10.1. The molecule has 0 unspecified atom stereocenters. The molecular formula is C19H17F3N2O2S. The van der Waals surface area contributed by atoms with Crippen molar-refractivity contribution in [1.82, 2.24) is 0 Å². The van der Waals surface area contributed by atoms with Gasteiger partial charge in [0, 0.05) is 17.8 Å². The summed E-state index contributed by atoms with van der Waals surface area (Å²) in [5.74, 6) is -0.00678. The quantitative estimate of drug-likeness (QED) is 0.808. The SMILES string of the molecule is CCC(=O)Nc1ccc([C@H]2SCC(=O)N2c2ccc(C(F)(F)F)cc2)cc1. The number of nitrogens with one attached hydrogen (secondary N) is 1. The molecule has 142 valence electrons. The minimum Gasteiger partial charge on any atom is -0.326 e. The lowest BCUT2D eigenvalue weighted by Crippen LogP contribution is -2.27. The van der Waals surface area contributed by atoms with Crippen LogP contribution in [-0.4, -0.2) is 17.6 Å². The summed E-state index contributed by atoms with van der Waals surface area (Å²) in [5, 5.41) is 2.42. The number of thioether (sulfide) groups is 1. The van der Waals surface area contributed by atoms with Gasteiger partial charge in [-0.3, -0.25) is 14.5 Å². The van der Waals surface area contributed by atoms with E-state index >= 15 is 0 Å². The Hall–Kier alpha value is -2.48. The molecule has 1 fully saturated rings. The molecule has 2 aromatic rings. The van der Waals surface area contributed by atoms with Crippen molar-refractivity contribution in [3.8, 4) is 0 Å². The van der Waals surface area contributed by atoms with Crippen LogP contribution in [0.4, 0.5) is 24.5 Å². The summed E-state index contributed by atoms with van der Waals surface area (Å²) in [6.45, 7) is 1.76. The Morgan fingerprint density at radius 2 is 1.78 bits per heavy atom. The fourth-order valence-electron chi connectivity index (χ4n) is 2.74. The van der Waals surface area contributed by atoms with E-state index in [2.05, 4.69) is 5.32 Å². The predicted octanol–water partition coefficient (Wildman–Crippen LogP) is 4.83. The summed E-state index contributed by atoms with van der Waals surface area (Å²) in [5.41, 5.74) is 1.16. The Bertz CT molecular complexity index is 836. The maximum absolute atomic E-state index is 12.8. The Labute approximate surface area is 158 Å². The summed E-state index contributed by atoms with van der Waals surface area (Å²) < 4.78 is 38.3. The number of carbonyl (C=O) groups excluding carboxylic acids is 2. The first-order chi connectivity index (χ1) is 12.8. The number of hydrogen-bond donors (Lipinski definition) is 1.